The molecule has 1 saturated heterocycles. The predicted octanol–water partition coefficient (Wildman–Crippen LogP) is 1.81. The molecule has 0 radical (unpaired) electrons. The normalized spacial score (nSPS) is 18.5. The molecule has 4 heteroatoms. The van der Waals surface area contributed by atoms with E-state index in [0.29, 0.717) is 12.8 Å². The molecule has 0 unspecified atom stereocenters. The van der Waals surface area contributed by atoms with Gasteiger partial charge in [-0.2, -0.15) is 0 Å². The largest absolute Gasteiger partial charge is 0.391 e. The lowest BCUT2D eigenvalue weighted by Crippen LogP contribution is -2.50. The summed E-state index contributed by atoms with van der Waals surface area (Å²) >= 11 is 0. The summed E-state index contributed by atoms with van der Waals surface area (Å²) in [6.07, 6.45) is 0.758. The first kappa shape index (κ1) is 19.1. The molecule has 0 bridgehead atoms. The van der Waals surface area contributed by atoms with Crippen molar-refractivity contribution >= 4 is 0 Å². The topological polar surface area (TPSA) is 46.9 Å². The van der Waals surface area contributed by atoms with Crippen LogP contribution in [0.4, 0.5) is 0 Å². The average molecular weight is 354 g/mol. The molecule has 2 aromatic rings. The van der Waals surface area contributed by atoms with E-state index in [9.17, 15) is 10.2 Å². The van der Waals surface area contributed by atoms with Crippen molar-refractivity contribution in [3.8, 4) is 0 Å². The number of β-amino-alcohol motifs (C(OH)–C–C–N with tert-alkyl or cyclic N) is 2. The first-order chi connectivity index (χ1) is 12.7. The molecule has 4 nitrogen and oxygen atoms in total. The van der Waals surface area contributed by atoms with Crippen molar-refractivity contribution in [3.63, 3.8) is 0 Å². The minimum Gasteiger partial charge on any atom is -0.391 e. The van der Waals surface area contributed by atoms with E-state index in [2.05, 4.69) is 34.1 Å². The van der Waals surface area contributed by atoms with E-state index in [1.165, 1.54) is 11.1 Å². The van der Waals surface area contributed by atoms with Gasteiger partial charge in [0.1, 0.15) is 0 Å². The van der Waals surface area contributed by atoms with E-state index in [1.54, 1.807) is 0 Å². The third-order valence-corrected chi connectivity index (χ3v) is 5.03. The molecule has 1 fully saturated rings. The van der Waals surface area contributed by atoms with E-state index in [-0.39, 0.29) is 12.2 Å². The SMILES string of the molecule is O[C@H](Cc1ccccc1)CN1CCN(C[C@@H](O)Cc2ccccc2)CC1. The molecule has 1 aliphatic rings. The Hall–Kier alpha value is -1.72. The second-order valence-corrected chi connectivity index (χ2v) is 7.29. The standard InChI is InChI=1S/C22H30N2O2/c25-21(15-19-7-3-1-4-8-19)17-23-11-13-24(14-12-23)18-22(26)16-20-9-5-2-6-10-20/h1-10,21-22,25-26H,11-18H2/t21-,22+. The maximum absolute atomic E-state index is 10.3. The molecule has 1 heterocycles. The summed E-state index contributed by atoms with van der Waals surface area (Å²) in [6, 6.07) is 20.3. The average Bonchev–Trinajstić information content (AvgIpc) is 2.65. The Morgan fingerprint density at radius 3 is 1.31 bits per heavy atom. The monoisotopic (exact) mass is 354 g/mol. The van der Waals surface area contributed by atoms with E-state index >= 15 is 0 Å². The van der Waals surface area contributed by atoms with Crippen molar-refractivity contribution in [2.24, 2.45) is 0 Å². The smallest absolute Gasteiger partial charge is 0.0707 e. The number of hydrogen-bond donors (Lipinski definition) is 2. The molecule has 0 amide bonds. The van der Waals surface area contributed by atoms with Gasteiger partial charge in [0, 0.05) is 39.3 Å². The van der Waals surface area contributed by atoms with Gasteiger partial charge >= 0.3 is 0 Å². The molecule has 26 heavy (non-hydrogen) atoms. The highest BCUT2D eigenvalue weighted by Crippen LogP contribution is 2.09. The van der Waals surface area contributed by atoms with Gasteiger partial charge in [-0.3, -0.25) is 9.80 Å². The summed E-state index contributed by atoms with van der Waals surface area (Å²) in [4.78, 5) is 4.65. The minimum atomic E-state index is -0.326. The van der Waals surface area contributed by atoms with Crippen molar-refractivity contribution in [2.45, 2.75) is 25.0 Å². The maximum Gasteiger partial charge on any atom is 0.0707 e. The highest BCUT2D eigenvalue weighted by molar-refractivity contribution is 5.16. The zero-order valence-electron chi connectivity index (χ0n) is 15.4. The summed E-state index contributed by atoms with van der Waals surface area (Å²) in [5, 5.41) is 20.7. The molecular weight excluding hydrogens is 324 g/mol. The lowest BCUT2D eigenvalue weighted by Gasteiger charge is -2.36. The van der Waals surface area contributed by atoms with Gasteiger partial charge < -0.3 is 10.2 Å². The van der Waals surface area contributed by atoms with Crippen LogP contribution in [0.5, 0.6) is 0 Å². The Labute approximate surface area is 156 Å². The molecule has 0 spiro atoms. The number of rotatable bonds is 8. The third kappa shape index (κ3) is 6.22. The summed E-state index contributed by atoms with van der Waals surface area (Å²) in [6.45, 7) is 5.23. The second-order valence-electron chi connectivity index (χ2n) is 7.29. The van der Waals surface area contributed by atoms with Gasteiger partial charge in [-0.25, -0.2) is 0 Å². The number of aliphatic hydroxyl groups is 2. The molecule has 0 saturated carbocycles. The summed E-state index contributed by atoms with van der Waals surface area (Å²) in [5.74, 6) is 0. The van der Waals surface area contributed by atoms with Gasteiger partial charge in [-0.15, -0.1) is 0 Å². The third-order valence-electron chi connectivity index (χ3n) is 5.03. The number of piperazine rings is 1. The van der Waals surface area contributed by atoms with Crippen LogP contribution in [0.2, 0.25) is 0 Å². The Bertz CT molecular complexity index is 570. The summed E-state index contributed by atoms with van der Waals surface area (Å²) in [5.41, 5.74) is 2.37. The second kappa shape index (κ2) is 9.83. The molecule has 0 aromatic heterocycles. The molecular formula is C22H30N2O2. The zero-order valence-corrected chi connectivity index (χ0v) is 15.4. The van der Waals surface area contributed by atoms with E-state index in [0.717, 1.165) is 39.3 Å². The first-order valence-corrected chi connectivity index (χ1v) is 9.58. The van der Waals surface area contributed by atoms with E-state index < -0.39 is 0 Å². The lowest BCUT2D eigenvalue weighted by molar-refractivity contribution is 0.0490. The Morgan fingerprint density at radius 2 is 0.962 bits per heavy atom. The van der Waals surface area contributed by atoms with E-state index in [4.69, 9.17) is 0 Å². The first-order valence-electron chi connectivity index (χ1n) is 9.58. The Kier molecular flexibility index (Phi) is 7.21. The lowest BCUT2D eigenvalue weighted by atomic mass is 10.1. The van der Waals surface area contributed by atoms with Crippen LogP contribution in [0.1, 0.15) is 11.1 Å². The molecule has 3 rings (SSSR count). The number of hydrogen-bond acceptors (Lipinski definition) is 4. The van der Waals surface area contributed by atoms with Crippen LogP contribution in [0, 0.1) is 0 Å². The van der Waals surface area contributed by atoms with Gasteiger partial charge in [0.15, 0.2) is 0 Å². The van der Waals surface area contributed by atoms with Gasteiger partial charge in [0.25, 0.3) is 0 Å². The molecule has 2 atom stereocenters. The van der Waals surface area contributed by atoms with Crippen LogP contribution in [-0.2, 0) is 12.8 Å². The van der Waals surface area contributed by atoms with Crippen LogP contribution in [0.3, 0.4) is 0 Å². The van der Waals surface area contributed by atoms with Crippen molar-refractivity contribution < 1.29 is 10.2 Å². The van der Waals surface area contributed by atoms with Crippen LogP contribution in [-0.4, -0.2) is 71.5 Å². The van der Waals surface area contributed by atoms with Gasteiger partial charge in [0.05, 0.1) is 12.2 Å². The van der Waals surface area contributed by atoms with Crippen molar-refractivity contribution in [1.29, 1.82) is 0 Å². The molecule has 1 aliphatic heterocycles. The molecule has 0 aliphatic carbocycles. The quantitative estimate of drug-likeness (QED) is 0.759. The molecule has 140 valence electrons. The van der Waals surface area contributed by atoms with Crippen LogP contribution in [0.25, 0.3) is 0 Å². The van der Waals surface area contributed by atoms with Gasteiger partial charge in [-0.1, -0.05) is 60.7 Å². The van der Waals surface area contributed by atoms with Crippen LogP contribution >= 0.6 is 0 Å². The number of benzene rings is 2. The van der Waals surface area contributed by atoms with Crippen LogP contribution in [0.15, 0.2) is 60.7 Å². The Balaban J connectivity index is 1.36. The predicted molar refractivity (Wildman–Crippen MR) is 105 cm³/mol. The maximum atomic E-state index is 10.3. The summed E-state index contributed by atoms with van der Waals surface area (Å²) in [7, 11) is 0. The van der Waals surface area contributed by atoms with Crippen molar-refractivity contribution in [1.82, 2.24) is 9.80 Å². The fourth-order valence-electron chi connectivity index (χ4n) is 3.65. The number of nitrogens with zero attached hydrogens (tertiary/aromatic N) is 2. The van der Waals surface area contributed by atoms with E-state index in [1.807, 2.05) is 36.4 Å². The fourth-order valence-corrected chi connectivity index (χ4v) is 3.65. The number of aliphatic hydroxyl groups excluding tert-OH is 2. The highest BCUT2D eigenvalue weighted by Gasteiger charge is 2.21. The summed E-state index contributed by atoms with van der Waals surface area (Å²) < 4.78 is 0. The minimum absolute atomic E-state index is 0.326. The molecule has 2 N–H and O–H groups in total. The molecule has 2 aromatic carbocycles. The highest BCUT2D eigenvalue weighted by atomic mass is 16.3. The van der Waals surface area contributed by atoms with Crippen LogP contribution < -0.4 is 0 Å². The zero-order chi connectivity index (χ0) is 18.2. The van der Waals surface area contributed by atoms with Crippen molar-refractivity contribution in [2.75, 3.05) is 39.3 Å². The van der Waals surface area contributed by atoms with Gasteiger partial charge in [0.2, 0.25) is 0 Å². The Morgan fingerprint density at radius 1 is 0.615 bits per heavy atom. The van der Waals surface area contributed by atoms with Crippen molar-refractivity contribution in [3.05, 3.63) is 71.8 Å². The van der Waals surface area contributed by atoms with Gasteiger partial charge in [-0.05, 0) is 24.0 Å². The fraction of sp³-hybridized carbons (Fsp3) is 0.455.